The maximum absolute atomic E-state index is 5.44. The van der Waals surface area contributed by atoms with Gasteiger partial charge in [0, 0.05) is 11.8 Å². The lowest BCUT2D eigenvalue weighted by atomic mass is 10.1. The zero-order valence-corrected chi connectivity index (χ0v) is 18.3. The molecule has 1 aromatic carbocycles. The number of anilines is 1. The molecule has 8 heteroatoms. The predicted octanol–water partition coefficient (Wildman–Crippen LogP) is 6.42. The summed E-state index contributed by atoms with van der Waals surface area (Å²) >= 11 is 4.75. The number of aromatic nitrogens is 2. The Hall–Kier alpha value is -2.29. The lowest BCUT2D eigenvalue weighted by Crippen LogP contribution is -1.92. The highest BCUT2D eigenvalue weighted by atomic mass is 32.2. The van der Waals surface area contributed by atoms with Gasteiger partial charge in [-0.2, -0.15) is 0 Å². The summed E-state index contributed by atoms with van der Waals surface area (Å²) in [6.07, 6.45) is 7.70. The fourth-order valence-electron chi connectivity index (χ4n) is 2.54. The third-order valence-electron chi connectivity index (χ3n) is 3.80. The maximum atomic E-state index is 5.44. The van der Waals surface area contributed by atoms with Crippen LogP contribution >= 0.6 is 35.0 Å². The van der Waals surface area contributed by atoms with Gasteiger partial charge in [-0.1, -0.05) is 23.9 Å². The molecule has 2 aromatic heterocycles. The van der Waals surface area contributed by atoms with Gasteiger partial charge in [0.2, 0.25) is 0 Å². The summed E-state index contributed by atoms with van der Waals surface area (Å²) < 4.78 is 9.95. The number of methoxy groups -OCH3 is 1. The molecule has 0 spiro atoms. The van der Waals surface area contributed by atoms with Crippen molar-refractivity contribution in [1.29, 1.82) is 0 Å². The standard InChI is InChI=1S/C20H20N4OS3/c1-5-6-13-16(25-3)8-7-15(19(13)21-2)24-28-18-10-9-17(27-18)14-11-12-22-20(23-14)26-4/h5-12,24H,2H2,1,3-4H3/b6-5-. The Labute approximate surface area is 177 Å². The van der Waals surface area contributed by atoms with E-state index in [9.17, 15) is 0 Å². The zero-order valence-electron chi connectivity index (χ0n) is 15.8. The second-order valence-corrected chi connectivity index (χ2v) is 8.45. The molecule has 0 amide bonds. The van der Waals surface area contributed by atoms with E-state index in [-0.39, 0.29) is 0 Å². The van der Waals surface area contributed by atoms with Crippen molar-refractivity contribution in [2.45, 2.75) is 16.3 Å². The molecule has 144 valence electrons. The summed E-state index contributed by atoms with van der Waals surface area (Å²) in [6.45, 7) is 5.68. The van der Waals surface area contributed by atoms with Crippen molar-refractivity contribution in [3.8, 4) is 16.3 Å². The van der Waals surface area contributed by atoms with Crippen molar-refractivity contribution in [3.63, 3.8) is 0 Å². The molecule has 0 bridgehead atoms. The van der Waals surface area contributed by atoms with Gasteiger partial charge in [-0.05, 0) is 62.2 Å². The van der Waals surface area contributed by atoms with Gasteiger partial charge >= 0.3 is 0 Å². The molecule has 0 unspecified atom stereocenters. The number of aliphatic imine (C=N–C) groups is 1. The smallest absolute Gasteiger partial charge is 0.187 e. The van der Waals surface area contributed by atoms with E-state index in [4.69, 9.17) is 4.74 Å². The van der Waals surface area contributed by atoms with Crippen molar-refractivity contribution in [1.82, 2.24) is 9.97 Å². The molecule has 0 atom stereocenters. The summed E-state index contributed by atoms with van der Waals surface area (Å²) in [5.41, 5.74) is 3.49. The molecule has 3 rings (SSSR count). The van der Waals surface area contributed by atoms with Crippen LogP contribution in [0, 0.1) is 0 Å². The number of rotatable bonds is 8. The fourth-order valence-corrected chi connectivity index (χ4v) is 4.68. The minimum atomic E-state index is 0.766. The van der Waals surface area contributed by atoms with Crippen molar-refractivity contribution in [2.24, 2.45) is 4.99 Å². The highest BCUT2D eigenvalue weighted by Crippen LogP contribution is 2.40. The van der Waals surface area contributed by atoms with Gasteiger partial charge in [-0.15, -0.1) is 11.3 Å². The minimum absolute atomic E-state index is 0.766. The van der Waals surface area contributed by atoms with Gasteiger partial charge in [0.05, 0.1) is 33.3 Å². The molecular weight excluding hydrogens is 408 g/mol. The molecule has 0 saturated carbocycles. The molecule has 2 heterocycles. The topological polar surface area (TPSA) is 59.4 Å². The number of ether oxygens (including phenoxy) is 1. The number of thioether (sulfide) groups is 1. The largest absolute Gasteiger partial charge is 0.496 e. The Bertz CT molecular complexity index is 1000. The van der Waals surface area contributed by atoms with Crippen LogP contribution in [0.15, 0.2) is 57.0 Å². The second kappa shape index (κ2) is 9.77. The molecule has 5 nitrogen and oxygen atoms in total. The first kappa shape index (κ1) is 20.4. The Kier molecular flexibility index (Phi) is 7.13. The van der Waals surface area contributed by atoms with Gasteiger partial charge in [0.25, 0.3) is 0 Å². The number of hydrogen-bond acceptors (Lipinski definition) is 8. The van der Waals surface area contributed by atoms with Crippen LogP contribution in [0.2, 0.25) is 0 Å². The quantitative estimate of drug-likeness (QED) is 0.193. The fraction of sp³-hybridized carbons (Fsp3) is 0.150. The normalized spacial score (nSPS) is 11.0. The molecule has 0 radical (unpaired) electrons. The summed E-state index contributed by atoms with van der Waals surface area (Å²) in [6, 6.07) is 9.97. The highest BCUT2D eigenvalue weighted by molar-refractivity contribution is 8.02. The van der Waals surface area contributed by atoms with E-state index in [1.165, 1.54) is 23.7 Å². The van der Waals surface area contributed by atoms with Gasteiger partial charge in [0.15, 0.2) is 5.16 Å². The van der Waals surface area contributed by atoms with Crippen LogP contribution in [0.3, 0.4) is 0 Å². The van der Waals surface area contributed by atoms with E-state index in [1.54, 1.807) is 24.6 Å². The molecule has 3 aromatic rings. The average Bonchev–Trinajstić information content (AvgIpc) is 3.21. The zero-order chi connectivity index (χ0) is 19.9. The molecule has 0 saturated heterocycles. The van der Waals surface area contributed by atoms with E-state index in [2.05, 4.69) is 38.5 Å². The number of thiophene rings is 1. The van der Waals surface area contributed by atoms with Crippen LogP contribution in [0.5, 0.6) is 5.75 Å². The lowest BCUT2D eigenvalue weighted by Gasteiger charge is -2.13. The molecule has 0 fully saturated rings. The second-order valence-electron chi connectivity index (χ2n) is 5.49. The number of nitrogens with one attached hydrogen (secondary N) is 1. The van der Waals surface area contributed by atoms with E-state index in [0.29, 0.717) is 0 Å². The van der Waals surface area contributed by atoms with E-state index in [1.807, 2.05) is 43.5 Å². The molecule has 28 heavy (non-hydrogen) atoms. The summed E-state index contributed by atoms with van der Waals surface area (Å²) in [5, 5.41) is 0.773. The van der Waals surface area contributed by atoms with Gasteiger partial charge in [-0.3, -0.25) is 4.99 Å². The van der Waals surface area contributed by atoms with Crippen molar-refractivity contribution < 1.29 is 4.74 Å². The Balaban J connectivity index is 1.80. The van der Waals surface area contributed by atoms with Crippen LogP contribution in [0.25, 0.3) is 16.6 Å². The maximum Gasteiger partial charge on any atom is 0.187 e. The molecular formula is C20H20N4OS3. The third-order valence-corrected chi connectivity index (χ3v) is 6.42. The first-order valence-electron chi connectivity index (χ1n) is 8.40. The van der Waals surface area contributed by atoms with Crippen LogP contribution in [0.1, 0.15) is 12.5 Å². The van der Waals surface area contributed by atoms with Crippen LogP contribution in [0.4, 0.5) is 11.4 Å². The van der Waals surface area contributed by atoms with Crippen molar-refractivity contribution >= 4 is 59.2 Å². The molecule has 1 N–H and O–H groups in total. The Morgan fingerprint density at radius 3 is 2.82 bits per heavy atom. The third kappa shape index (κ3) is 4.57. The van der Waals surface area contributed by atoms with E-state index in [0.717, 1.165) is 42.6 Å². The number of hydrogen-bond donors (Lipinski definition) is 1. The molecule has 0 aliphatic carbocycles. The van der Waals surface area contributed by atoms with Crippen molar-refractivity contribution in [3.05, 3.63) is 48.2 Å². The first-order valence-corrected chi connectivity index (χ1v) is 11.3. The first-order chi connectivity index (χ1) is 13.7. The summed E-state index contributed by atoms with van der Waals surface area (Å²) in [7, 11) is 1.65. The molecule has 0 aliphatic rings. The van der Waals surface area contributed by atoms with Crippen LogP contribution in [-0.4, -0.2) is 30.1 Å². The minimum Gasteiger partial charge on any atom is -0.496 e. The summed E-state index contributed by atoms with van der Waals surface area (Å²) in [4.78, 5) is 14.1. The van der Waals surface area contributed by atoms with Crippen LogP contribution in [-0.2, 0) is 0 Å². The SMILES string of the molecule is C=Nc1c(NSc2ccc(-c3ccnc(SC)n3)s2)ccc(OC)c1/C=C\C. The monoisotopic (exact) mass is 428 g/mol. The predicted molar refractivity (Wildman–Crippen MR) is 124 cm³/mol. The van der Waals surface area contributed by atoms with Gasteiger partial charge < -0.3 is 9.46 Å². The molecule has 0 aliphatic heterocycles. The highest BCUT2D eigenvalue weighted by Gasteiger charge is 2.12. The van der Waals surface area contributed by atoms with Gasteiger partial charge in [0.1, 0.15) is 5.75 Å². The van der Waals surface area contributed by atoms with E-state index >= 15 is 0 Å². The number of benzene rings is 1. The van der Waals surface area contributed by atoms with Crippen LogP contribution < -0.4 is 9.46 Å². The summed E-state index contributed by atoms with van der Waals surface area (Å²) in [5.74, 6) is 0.766. The Morgan fingerprint density at radius 2 is 2.11 bits per heavy atom. The number of nitrogens with zero attached hydrogens (tertiary/aromatic N) is 3. The Morgan fingerprint density at radius 1 is 1.25 bits per heavy atom. The number of allylic oxidation sites excluding steroid dienone is 1. The van der Waals surface area contributed by atoms with E-state index < -0.39 is 0 Å². The lowest BCUT2D eigenvalue weighted by molar-refractivity contribution is 0.414. The van der Waals surface area contributed by atoms with Gasteiger partial charge in [-0.25, -0.2) is 9.97 Å². The average molecular weight is 429 g/mol. The van der Waals surface area contributed by atoms with Crippen molar-refractivity contribution in [2.75, 3.05) is 18.1 Å².